The molecule has 0 fully saturated rings. The molecule has 3 aromatic rings. The van der Waals surface area contributed by atoms with Crippen molar-refractivity contribution in [3.8, 4) is 5.75 Å². The Hall–Kier alpha value is -3.80. The molecule has 0 radical (unpaired) electrons. The first-order chi connectivity index (χ1) is 14.1. The second-order valence-electron chi connectivity index (χ2n) is 6.30. The van der Waals surface area contributed by atoms with Crippen LogP contribution in [0.15, 0.2) is 83.5 Å². The van der Waals surface area contributed by atoms with Crippen molar-refractivity contribution in [3.63, 3.8) is 0 Å². The van der Waals surface area contributed by atoms with E-state index in [1.807, 2.05) is 0 Å². The van der Waals surface area contributed by atoms with Crippen LogP contribution in [-0.2, 0) is 16.1 Å². The number of ether oxygens (including phenoxy) is 2. The number of carbonyl (C=O) groups excluding carboxylic acids is 1. The van der Waals surface area contributed by atoms with Gasteiger partial charge in [0.05, 0.1) is 0 Å². The van der Waals surface area contributed by atoms with Gasteiger partial charge in [0, 0.05) is 11.1 Å². The van der Waals surface area contributed by atoms with Crippen molar-refractivity contribution in [1.82, 2.24) is 0 Å². The predicted molar refractivity (Wildman–Crippen MR) is 104 cm³/mol. The Morgan fingerprint density at radius 3 is 2.48 bits per heavy atom. The normalized spacial score (nSPS) is 14.6. The summed E-state index contributed by atoms with van der Waals surface area (Å²) in [4.78, 5) is 16.4. The van der Waals surface area contributed by atoms with Gasteiger partial charge in [0.2, 0.25) is 5.90 Å². The maximum Gasteiger partial charge on any atom is 0.363 e. The molecule has 144 valence electrons. The monoisotopic (exact) mass is 391 g/mol. The van der Waals surface area contributed by atoms with Gasteiger partial charge in [-0.2, -0.15) is 0 Å². The van der Waals surface area contributed by atoms with Crippen LogP contribution in [0.25, 0.3) is 6.08 Å². The van der Waals surface area contributed by atoms with Crippen molar-refractivity contribution in [2.24, 2.45) is 4.99 Å². The third-order valence-corrected chi connectivity index (χ3v) is 4.19. The summed E-state index contributed by atoms with van der Waals surface area (Å²) in [5.41, 5.74) is 1.74. The number of nitrogens with zero attached hydrogens (tertiary/aromatic N) is 1. The molecule has 0 aliphatic carbocycles. The van der Waals surface area contributed by atoms with Crippen LogP contribution in [0.3, 0.4) is 0 Å². The lowest BCUT2D eigenvalue weighted by Crippen LogP contribution is -2.05. The van der Waals surface area contributed by atoms with Crippen molar-refractivity contribution < 1.29 is 23.0 Å². The molecular formula is C23H15F2NO3. The topological polar surface area (TPSA) is 47.9 Å². The van der Waals surface area contributed by atoms with Gasteiger partial charge in [0.1, 0.15) is 24.0 Å². The predicted octanol–water partition coefficient (Wildman–Crippen LogP) is 4.89. The van der Waals surface area contributed by atoms with E-state index in [9.17, 15) is 13.6 Å². The zero-order valence-corrected chi connectivity index (χ0v) is 15.1. The summed E-state index contributed by atoms with van der Waals surface area (Å²) < 4.78 is 37.7. The second-order valence-corrected chi connectivity index (χ2v) is 6.30. The van der Waals surface area contributed by atoms with E-state index in [-0.39, 0.29) is 24.0 Å². The van der Waals surface area contributed by atoms with Crippen molar-refractivity contribution >= 4 is 17.9 Å². The molecule has 0 saturated heterocycles. The Morgan fingerprint density at radius 1 is 0.931 bits per heavy atom. The molecule has 6 heteroatoms. The molecule has 0 amide bonds. The minimum Gasteiger partial charge on any atom is -0.488 e. The quantitative estimate of drug-likeness (QED) is 0.460. The van der Waals surface area contributed by atoms with Crippen LogP contribution < -0.4 is 4.74 Å². The molecule has 0 N–H and O–H groups in total. The van der Waals surface area contributed by atoms with Gasteiger partial charge in [-0.05, 0) is 48.0 Å². The third-order valence-electron chi connectivity index (χ3n) is 4.19. The van der Waals surface area contributed by atoms with Crippen molar-refractivity contribution in [3.05, 3.63) is 107 Å². The molecule has 3 aromatic carbocycles. The Bertz CT molecular complexity index is 1140. The van der Waals surface area contributed by atoms with Gasteiger partial charge < -0.3 is 9.47 Å². The third kappa shape index (κ3) is 4.38. The van der Waals surface area contributed by atoms with E-state index in [1.165, 1.54) is 36.4 Å². The Kier molecular flexibility index (Phi) is 5.16. The number of hydrogen-bond acceptors (Lipinski definition) is 4. The summed E-state index contributed by atoms with van der Waals surface area (Å²) >= 11 is 0. The van der Waals surface area contributed by atoms with Gasteiger partial charge in [-0.1, -0.05) is 36.4 Å². The molecule has 0 saturated carbocycles. The van der Waals surface area contributed by atoms with Crippen molar-refractivity contribution in [2.75, 3.05) is 0 Å². The molecule has 1 aliphatic rings. The number of cyclic esters (lactones) is 1. The largest absolute Gasteiger partial charge is 0.488 e. The number of benzene rings is 3. The number of halogens is 2. The zero-order chi connectivity index (χ0) is 20.2. The molecule has 1 heterocycles. The van der Waals surface area contributed by atoms with Crippen molar-refractivity contribution in [1.29, 1.82) is 0 Å². The van der Waals surface area contributed by atoms with E-state index in [0.717, 1.165) is 0 Å². The summed E-state index contributed by atoms with van der Waals surface area (Å²) in [6.07, 6.45) is 1.54. The Balaban J connectivity index is 1.58. The van der Waals surface area contributed by atoms with E-state index in [0.29, 0.717) is 22.4 Å². The molecule has 0 bridgehead atoms. The standard InChI is InChI=1S/C23H15F2NO3/c24-18-8-3-5-15(11-18)14-28-21-10-2-1-6-16(21)13-20-23(27)29-22(26-20)17-7-4-9-19(25)12-17/h1-13H,14H2. The molecular weight excluding hydrogens is 376 g/mol. The molecule has 0 atom stereocenters. The van der Waals surface area contributed by atoms with E-state index in [1.54, 1.807) is 42.5 Å². The smallest absolute Gasteiger partial charge is 0.363 e. The highest BCUT2D eigenvalue weighted by Crippen LogP contribution is 2.25. The SMILES string of the molecule is O=C1OC(c2cccc(F)c2)=NC1=Cc1ccccc1OCc1cccc(F)c1. The maximum atomic E-state index is 13.4. The molecule has 4 rings (SSSR count). The van der Waals surface area contributed by atoms with Crippen LogP contribution in [0.5, 0.6) is 5.75 Å². The minimum atomic E-state index is -0.635. The number of hydrogen-bond donors (Lipinski definition) is 0. The molecule has 0 spiro atoms. The number of rotatable bonds is 5. The second kappa shape index (κ2) is 8.06. The summed E-state index contributed by atoms with van der Waals surface area (Å²) in [5.74, 6) is -0.876. The first-order valence-electron chi connectivity index (χ1n) is 8.83. The van der Waals surface area contributed by atoms with Gasteiger partial charge in [-0.25, -0.2) is 18.6 Å². The zero-order valence-electron chi connectivity index (χ0n) is 15.1. The van der Waals surface area contributed by atoms with Gasteiger partial charge in [0.15, 0.2) is 5.70 Å². The summed E-state index contributed by atoms with van der Waals surface area (Å²) in [6, 6.07) is 18.9. The maximum absolute atomic E-state index is 13.4. The van der Waals surface area contributed by atoms with Crippen LogP contribution in [0, 0.1) is 11.6 Å². The molecule has 0 aromatic heterocycles. The summed E-state index contributed by atoms with van der Waals surface area (Å²) in [7, 11) is 0. The van der Waals surface area contributed by atoms with E-state index >= 15 is 0 Å². The van der Waals surface area contributed by atoms with Gasteiger partial charge in [0.25, 0.3) is 0 Å². The first kappa shape index (κ1) is 18.6. The molecule has 4 nitrogen and oxygen atoms in total. The lowest BCUT2D eigenvalue weighted by Gasteiger charge is -2.09. The van der Waals surface area contributed by atoms with Gasteiger partial charge >= 0.3 is 5.97 Å². The molecule has 1 aliphatic heterocycles. The average molecular weight is 391 g/mol. The lowest BCUT2D eigenvalue weighted by molar-refractivity contribution is -0.129. The highest BCUT2D eigenvalue weighted by atomic mass is 19.1. The van der Waals surface area contributed by atoms with Crippen LogP contribution in [0.2, 0.25) is 0 Å². The number of carbonyl (C=O) groups is 1. The van der Waals surface area contributed by atoms with Crippen molar-refractivity contribution in [2.45, 2.75) is 6.61 Å². The fourth-order valence-electron chi connectivity index (χ4n) is 2.82. The fourth-order valence-corrected chi connectivity index (χ4v) is 2.82. The number of aliphatic imine (C=N–C) groups is 1. The van der Waals surface area contributed by atoms with E-state index < -0.39 is 11.8 Å². The van der Waals surface area contributed by atoms with Crippen LogP contribution >= 0.6 is 0 Å². The van der Waals surface area contributed by atoms with Crippen LogP contribution in [-0.4, -0.2) is 11.9 Å². The minimum absolute atomic E-state index is 0.0407. The van der Waals surface area contributed by atoms with Crippen LogP contribution in [0.4, 0.5) is 8.78 Å². The van der Waals surface area contributed by atoms with E-state index in [2.05, 4.69) is 4.99 Å². The van der Waals surface area contributed by atoms with Crippen LogP contribution in [0.1, 0.15) is 16.7 Å². The van der Waals surface area contributed by atoms with E-state index in [4.69, 9.17) is 9.47 Å². The summed E-state index contributed by atoms with van der Waals surface area (Å²) in [5, 5.41) is 0. The highest BCUT2D eigenvalue weighted by Gasteiger charge is 2.24. The van der Waals surface area contributed by atoms with Gasteiger partial charge in [-0.15, -0.1) is 0 Å². The highest BCUT2D eigenvalue weighted by molar-refractivity contribution is 6.12. The first-order valence-corrected chi connectivity index (χ1v) is 8.83. The number of esters is 1. The summed E-state index contributed by atoms with van der Waals surface area (Å²) in [6.45, 7) is 0.167. The Morgan fingerprint density at radius 2 is 1.69 bits per heavy atom. The Labute approximate surface area is 165 Å². The molecule has 0 unspecified atom stereocenters. The molecule has 29 heavy (non-hydrogen) atoms. The number of para-hydroxylation sites is 1. The average Bonchev–Trinajstić information content (AvgIpc) is 3.08. The lowest BCUT2D eigenvalue weighted by atomic mass is 10.1. The van der Waals surface area contributed by atoms with Gasteiger partial charge in [-0.3, -0.25) is 0 Å². The fraction of sp³-hybridized carbons (Fsp3) is 0.0435.